The second-order valence-electron chi connectivity index (χ2n) is 9.11. The lowest BCUT2D eigenvalue weighted by atomic mass is 10.2. The fraction of sp³-hybridized carbons (Fsp3) is 0.0303. The summed E-state index contributed by atoms with van der Waals surface area (Å²) in [6, 6.07) is 37.1. The Balaban J connectivity index is 1.32. The van der Waals surface area contributed by atoms with Crippen LogP contribution in [0.1, 0.15) is 28.6 Å². The molecule has 0 spiro atoms. The highest BCUT2D eigenvalue weighted by Crippen LogP contribution is 2.40. The van der Waals surface area contributed by atoms with E-state index in [1.807, 2.05) is 85.0 Å². The highest BCUT2D eigenvalue weighted by atomic mass is 31.1. The van der Waals surface area contributed by atoms with Crippen LogP contribution in [0.4, 0.5) is 0 Å². The van der Waals surface area contributed by atoms with Gasteiger partial charge in [-0.3, -0.25) is 0 Å². The van der Waals surface area contributed by atoms with E-state index in [-0.39, 0.29) is 0 Å². The maximum absolute atomic E-state index is 6.35. The molecule has 2 aromatic carbocycles. The van der Waals surface area contributed by atoms with Crippen molar-refractivity contribution >= 4 is 67.5 Å². The Morgan fingerprint density at radius 1 is 0.410 bits per heavy atom. The Labute approximate surface area is 228 Å². The lowest BCUT2D eigenvalue weighted by Gasteiger charge is -2.13. The largest absolute Gasteiger partial charge is 0.457 e. The van der Waals surface area contributed by atoms with E-state index >= 15 is 0 Å². The first-order valence-corrected chi connectivity index (χ1v) is 15.6. The molecule has 0 radical (unpaired) electrons. The standard InChI is InChI=1S/C33H24O4P2/c1-3-7-24(8-4-1)23-38-30-19-15-25(34-30)11-13-27-17-21-32(36-27)39(29-9-5-2-6-10-29)33-22-18-28(37-33)14-12-26-16-20-31(38)35-26/h1-22H,23H2/b13-11+,14-12+. The van der Waals surface area contributed by atoms with Crippen molar-refractivity contribution in [1.82, 2.24) is 0 Å². The molecule has 0 saturated carbocycles. The van der Waals surface area contributed by atoms with Crippen molar-refractivity contribution in [3.63, 3.8) is 0 Å². The number of hydrogen-bond acceptors (Lipinski definition) is 4. The molecule has 0 amide bonds. The Morgan fingerprint density at radius 2 is 0.821 bits per heavy atom. The molecule has 0 saturated heterocycles. The van der Waals surface area contributed by atoms with Crippen molar-refractivity contribution in [2.75, 3.05) is 0 Å². The Kier molecular flexibility index (Phi) is 6.50. The summed E-state index contributed by atoms with van der Waals surface area (Å²) in [6.45, 7) is 0. The van der Waals surface area contributed by atoms with Crippen molar-refractivity contribution in [2.45, 2.75) is 6.16 Å². The maximum atomic E-state index is 6.35. The van der Waals surface area contributed by atoms with Crippen molar-refractivity contribution in [3.05, 3.63) is 138 Å². The zero-order valence-electron chi connectivity index (χ0n) is 20.9. The van der Waals surface area contributed by atoms with Crippen LogP contribution in [0.2, 0.25) is 0 Å². The summed E-state index contributed by atoms with van der Waals surface area (Å²) in [5.41, 5.74) is 4.84. The highest BCUT2D eigenvalue weighted by molar-refractivity contribution is 7.79. The SMILES string of the molecule is C1=C/c2ccc(o2)P(c2ccccc2)c2ccc(o2)/C=C/c2ccc(o2)P(Cc2ccccc2)c2ccc/1o2. The van der Waals surface area contributed by atoms with E-state index < -0.39 is 15.8 Å². The predicted octanol–water partition coefficient (Wildman–Crippen LogP) is 7.10. The lowest BCUT2D eigenvalue weighted by Crippen LogP contribution is -2.18. The minimum Gasteiger partial charge on any atom is -0.457 e. The van der Waals surface area contributed by atoms with E-state index in [0.29, 0.717) is 0 Å². The molecule has 4 aromatic heterocycles. The van der Waals surface area contributed by atoms with Crippen molar-refractivity contribution in [2.24, 2.45) is 0 Å². The van der Waals surface area contributed by atoms with Crippen LogP contribution in [-0.2, 0) is 6.16 Å². The highest BCUT2D eigenvalue weighted by Gasteiger charge is 2.24. The van der Waals surface area contributed by atoms with Gasteiger partial charge >= 0.3 is 0 Å². The van der Waals surface area contributed by atoms with Crippen LogP contribution in [0.3, 0.4) is 0 Å². The molecule has 190 valence electrons. The van der Waals surface area contributed by atoms with Crippen molar-refractivity contribution < 1.29 is 17.7 Å². The first-order valence-electron chi connectivity index (χ1n) is 12.7. The van der Waals surface area contributed by atoms with Crippen LogP contribution < -0.4 is 27.3 Å². The summed E-state index contributed by atoms with van der Waals surface area (Å²) in [7, 11) is -1.86. The number of fused-ring (bicyclic) bond motifs is 8. The molecule has 6 aromatic rings. The maximum Gasteiger partial charge on any atom is 0.138 e. The first kappa shape index (κ1) is 24.0. The second kappa shape index (κ2) is 10.6. The molecule has 1 aliphatic heterocycles. The third-order valence-corrected chi connectivity index (χ3v) is 10.8. The molecule has 0 fully saturated rings. The molecule has 39 heavy (non-hydrogen) atoms. The van der Waals surface area contributed by atoms with Gasteiger partial charge in [-0.25, -0.2) is 0 Å². The predicted molar refractivity (Wildman–Crippen MR) is 161 cm³/mol. The van der Waals surface area contributed by atoms with E-state index in [2.05, 4.69) is 48.5 Å². The molecule has 4 nitrogen and oxygen atoms in total. The van der Waals surface area contributed by atoms with Gasteiger partial charge in [-0.15, -0.1) is 0 Å². The molecule has 5 heterocycles. The molecular weight excluding hydrogens is 522 g/mol. The molecule has 1 aliphatic rings. The number of furan rings is 4. The van der Waals surface area contributed by atoms with Gasteiger partial charge in [0.25, 0.3) is 0 Å². The van der Waals surface area contributed by atoms with E-state index in [1.54, 1.807) is 0 Å². The van der Waals surface area contributed by atoms with Crippen LogP contribution in [0.5, 0.6) is 0 Å². The molecule has 0 unspecified atom stereocenters. The van der Waals surface area contributed by atoms with E-state index in [1.165, 1.54) is 5.56 Å². The van der Waals surface area contributed by atoms with Crippen molar-refractivity contribution in [1.29, 1.82) is 0 Å². The molecule has 6 heteroatoms. The first-order chi connectivity index (χ1) is 19.3. The van der Waals surface area contributed by atoms with Gasteiger partial charge in [0.2, 0.25) is 0 Å². The summed E-state index contributed by atoms with van der Waals surface area (Å²) in [5.74, 6) is 3.08. The van der Waals surface area contributed by atoms with Crippen LogP contribution in [0.25, 0.3) is 24.3 Å². The average Bonchev–Trinajstić information content (AvgIpc) is 3.79. The van der Waals surface area contributed by atoms with E-state index in [0.717, 1.165) is 56.5 Å². The van der Waals surface area contributed by atoms with Gasteiger partial charge < -0.3 is 17.7 Å². The molecule has 0 aliphatic carbocycles. The van der Waals surface area contributed by atoms with Crippen LogP contribution in [0.15, 0.2) is 127 Å². The topological polar surface area (TPSA) is 52.6 Å². The zero-order valence-corrected chi connectivity index (χ0v) is 22.7. The van der Waals surface area contributed by atoms with E-state index in [4.69, 9.17) is 17.7 Å². The van der Waals surface area contributed by atoms with Gasteiger partial charge in [-0.1, -0.05) is 60.7 Å². The van der Waals surface area contributed by atoms with Gasteiger partial charge in [0.1, 0.15) is 45.0 Å². The van der Waals surface area contributed by atoms with Crippen LogP contribution >= 0.6 is 15.8 Å². The molecule has 8 bridgehead atoms. The zero-order chi connectivity index (χ0) is 26.0. The number of rotatable bonds is 3. The van der Waals surface area contributed by atoms with Gasteiger partial charge in [0, 0.05) is 14.1 Å². The minimum absolute atomic E-state index is 0.765. The lowest BCUT2D eigenvalue weighted by molar-refractivity contribution is 0.577. The normalized spacial score (nSPS) is 18.3. The molecular formula is C33H24O4P2. The quantitative estimate of drug-likeness (QED) is 0.222. The Bertz CT molecular complexity index is 1660. The van der Waals surface area contributed by atoms with Crippen LogP contribution in [-0.4, -0.2) is 0 Å². The summed E-state index contributed by atoms with van der Waals surface area (Å²) in [4.78, 5) is 0. The fourth-order valence-electron chi connectivity index (χ4n) is 4.56. The molecule has 7 rings (SSSR count). The second-order valence-corrected chi connectivity index (χ2v) is 13.2. The third-order valence-electron chi connectivity index (χ3n) is 6.44. The summed E-state index contributed by atoms with van der Waals surface area (Å²) in [5, 5.41) is 1.16. The fourth-order valence-corrected chi connectivity index (χ4v) is 8.64. The van der Waals surface area contributed by atoms with Gasteiger partial charge in [-0.2, -0.15) is 0 Å². The molecule has 0 atom stereocenters. The van der Waals surface area contributed by atoms with Crippen LogP contribution in [0, 0.1) is 0 Å². The monoisotopic (exact) mass is 546 g/mol. The molecule has 0 N–H and O–H groups in total. The smallest absolute Gasteiger partial charge is 0.138 e. The van der Waals surface area contributed by atoms with Gasteiger partial charge in [-0.05, 0) is 83.7 Å². The Hall–Kier alpha value is -4.10. The van der Waals surface area contributed by atoms with E-state index in [9.17, 15) is 0 Å². The van der Waals surface area contributed by atoms with Gasteiger partial charge in [0.15, 0.2) is 0 Å². The number of benzene rings is 2. The minimum atomic E-state index is -0.988. The number of hydrogen-bond donors (Lipinski definition) is 0. The summed E-state index contributed by atoms with van der Waals surface area (Å²) in [6.07, 6.45) is 8.65. The third kappa shape index (κ3) is 5.14. The summed E-state index contributed by atoms with van der Waals surface area (Å²) < 4.78 is 25.4. The summed E-state index contributed by atoms with van der Waals surface area (Å²) >= 11 is 0. The van der Waals surface area contributed by atoms with Gasteiger partial charge in [0.05, 0.1) is 7.92 Å². The van der Waals surface area contributed by atoms with Crippen molar-refractivity contribution in [3.8, 4) is 0 Å². The average molecular weight is 546 g/mol. The Morgan fingerprint density at radius 3 is 1.31 bits per heavy atom.